The van der Waals surface area contributed by atoms with Crippen LogP contribution in [0.4, 0.5) is 11.4 Å². The van der Waals surface area contributed by atoms with Crippen LogP contribution in [0.3, 0.4) is 0 Å². The molecule has 0 bridgehead atoms. The second-order valence-corrected chi connectivity index (χ2v) is 4.29. The molecule has 1 unspecified atom stereocenters. The molecule has 9 nitrogen and oxygen atoms in total. The van der Waals surface area contributed by atoms with E-state index in [1.54, 1.807) is 0 Å². The number of aliphatic hydroxyl groups is 1. The van der Waals surface area contributed by atoms with Crippen LogP contribution in [-0.4, -0.2) is 39.2 Å². The Morgan fingerprint density at radius 3 is 2.60 bits per heavy atom. The first-order chi connectivity index (χ1) is 9.15. The van der Waals surface area contributed by atoms with Crippen molar-refractivity contribution < 1.29 is 24.7 Å². The van der Waals surface area contributed by atoms with Gasteiger partial charge in [0.2, 0.25) is 0 Å². The SMILES string of the molecule is CC(O)(CNC(=O)c1ccc(N)c([N+](=O)[O-])c1)C(=O)O. The fourth-order valence-corrected chi connectivity index (χ4v) is 1.27. The van der Waals surface area contributed by atoms with Gasteiger partial charge in [-0.05, 0) is 19.1 Å². The van der Waals surface area contributed by atoms with Crippen molar-refractivity contribution in [1.82, 2.24) is 5.32 Å². The summed E-state index contributed by atoms with van der Waals surface area (Å²) in [4.78, 5) is 32.3. The second kappa shape index (κ2) is 5.53. The van der Waals surface area contributed by atoms with E-state index < -0.39 is 34.6 Å². The molecule has 0 aliphatic carbocycles. The van der Waals surface area contributed by atoms with Crippen molar-refractivity contribution in [1.29, 1.82) is 0 Å². The van der Waals surface area contributed by atoms with Gasteiger partial charge < -0.3 is 21.3 Å². The summed E-state index contributed by atoms with van der Waals surface area (Å²) in [6.45, 7) is 0.473. The molecule has 0 saturated carbocycles. The molecule has 0 fully saturated rings. The summed E-state index contributed by atoms with van der Waals surface area (Å²) < 4.78 is 0. The van der Waals surface area contributed by atoms with Gasteiger partial charge in [-0.3, -0.25) is 14.9 Å². The molecule has 9 heteroatoms. The summed E-state index contributed by atoms with van der Waals surface area (Å²) in [6.07, 6.45) is 0. The number of nitrogens with one attached hydrogen (secondary N) is 1. The lowest BCUT2D eigenvalue weighted by Crippen LogP contribution is -2.46. The average Bonchev–Trinajstić information content (AvgIpc) is 2.36. The van der Waals surface area contributed by atoms with E-state index in [1.807, 2.05) is 0 Å². The first-order valence-corrected chi connectivity index (χ1v) is 5.43. The number of carbonyl (C=O) groups is 2. The first kappa shape index (κ1) is 15.4. The number of nitro benzene ring substituents is 1. The van der Waals surface area contributed by atoms with Gasteiger partial charge in [-0.15, -0.1) is 0 Å². The summed E-state index contributed by atoms with van der Waals surface area (Å²) >= 11 is 0. The van der Waals surface area contributed by atoms with E-state index in [2.05, 4.69) is 5.32 Å². The summed E-state index contributed by atoms with van der Waals surface area (Å²) in [7, 11) is 0. The number of carbonyl (C=O) groups excluding carboxylic acids is 1. The lowest BCUT2D eigenvalue weighted by molar-refractivity contribution is -0.383. The number of hydrogen-bond donors (Lipinski definition) is 4. The Morgan fingerprint density at radius 1 is 1.50 bits per heavy atom. The van der Waals surface area contributed by atoms with E-state index in [1.165, 1.54) is 12.1 Å². The van der Waals surface area contributed by atoms with Crippen LogP contribution >= 0.6 is 0 Å². The van der Waals surface area contributed by atoms with Crippen molar-refractivity contribution in [3.63, 3.8) is 0 Å². The first-order valence-electron chi connectivity index (χ1n) is 5.43. The van der Waals surface area contributed by atoms with Crippen molar-refractivity contribution in [2.24, 2.45) is 0 Å². The molecule has 1 aromatic rings. The summed E-state index contributed by atoms with van der Waals surface area (Å²) in [6, 6.07) is 3.43. The molecule has 0 aliphatic heterocycles. The highest BCUT2D eigenvalue weighted by Crippen LogP contribution is 2.22. The second-order valence-electron chi connectivity index (χ2n) is 4.29. The van der Waals surface area contributed by atoms with Crippen LogP contribution in [-0.2, 0) is 4.79 Å². The molecule has 1 aromatic carbocycles. The molecular formula is C11H13N3O6. The van der Waals surface area contributed by atoms with Crippen LogP contribution in [0.5, 0.6) is 0 Å². The van der Waals surface area contributed by atoms with Gasteiger partial charge in [-0.2, -0.15) is 0 Å². The number of carboxylic acids is 1. The predicted molar refractivity (Wildman–Crippen MR) is 68.1 cm³/mol. The standard InChI is InChI=1S/C11H13N3O6/c1-11(18,10(16)17)5-13-9(15)6-2-3-7(12)8(4-6)14(19)20/h2-4,18H,5,12H2,1H3,(H,13,15)(H,16,17). The van der Waals surface area contributed by atoms with E-state index in [-0.39, 0.29) is 11.3 Å². The van der Waals surface area contributed by atoms with Gasteiger partial charge in [0.15, 0.2) is 5.60 Å². The van der Waals surface area contributed by atoms with E-state index in [0.717, 1.165) is 13.0 Å². The third-order valence-electron chi connectivity index (χ3n) is 2.54. The van der Waals surface area contributed by atoms with Crippen molar-refractivity contribution in [2.45, 2.75) is 12.5 Å². The third kappa shape index (κ3) is 3.42. The molecule has 1 amide bonds. The molecule has 108 valence electrons. The van der Waals surface area contributed by atoms with Crippen LogP contribution in [0.25, 0.3) is 0 Å². The third-order valence-corrected chi connectivity index (χ3v) is 2.54. The maximum absolute atomic E-state index is 11.7. The Bertz CT molecular complexity index is 569. The zero-order valence-corrected chi connectivity index (χ0v) is 10.5. The number of amides is 1. The fraction of sp³-hybridized carbons (Fsp3) is 0.273. The predicted octanol–water partition coefficient (Wildman–Crippen LogP) is -0.258. The number of carboxylic acid groups (broad SMARTS) is 1. The number of nitrogen functional groups attached to an aromatic ring is 1. The maximum atomic E-state index is 11.7. The Hall–Kier alpha value is -2.68. The minimum atomic E-state index is -2.13. The van der Waals surface area contributed by atoms with Crippen LogP contribution < -0.4 is 11.1 Å². The van der Waals surface area contributed by atoms with Gasteiger partial charge in [0.25, 0.3) is 11.6 Å². The molecule has 0 heterocycles. The lowest BCUT2D eigenvalue weighted by atomic mass is 10.1. The topological polar surface area (TPSA) is 156 Å². The van der Waals surface area contributed by atoms with Gasteiger partial charge in [-0.25, -0.2) is 4.79 Å². The molecule has 1 atom stereocenters. The van der Waals surface area contributed by atoms with Crippen LogP contribution in [0.15, 0.2) is 18.2 Å². The molecule has 5 N–H and O–H groups in total. The van der Waals surface area contributed by atoms with Gasteiger partial charge in [0.05, 0.1) is 11.5 Å². The van der Waals surface area contributed by atoms with Gasteiger partial charge in [0, 0.05) is 11.6 Å². The summed E-state index contributed by atoms with van der Waals surface area (Å²) in [5, 5.41) is 31.0. The zero-order chi connectivity index (χ0) is 15.5. The van der Waals surface area contributed by atoms with Gasteiger partial charge >= 0.3 is 5.97 Å². The average molecular weight is 283 g/mol. The Kier molecular flexibility index (Phi) is 4.25. The quantitative estimate of drug-likeness (QED) is 0.329. The number of hydrogen-bond acceptors (Lipinski definition) is 6. The Balaban J connectivity index is 2.86. The number of aliphatic carboxylic acids is 1. The number of benzene rings is 1. The van der Waals surface area contributed by atoms with Gasteiger partial charge in [0.1, 0.15) is 5.69 Å². The number of nitro groups is 1. The molecule has 1 rings (SSSR count). The highest BCUT2D eigenvalue weighted by atomic mass is 16.6. The molecule has 0 radical (unpaired) electrons. The number of anilines is 1. The van der Waals surface area contributed by atoms with Crippen molar-refractivity contribution in [3.8, 4) is 0 Å². The molecule has 0 saturated heterocycles. The van der Waals surface area contributed by atoms with E-state index in [0.29, 0.717) is 0 Å². The normalized spacial score (nSPS) is 13.3. The number of rotatable bonds is 5. The van der Waals surface area contributed by atoms with Gasteiger partial charge in [-0.1, -0.05) is 0 Å². The number of nitrogens with zero attached hydrogens (tertiary/aromatic N) is 1. The van der Waals surface area contributed by atoms with Crippen LogP contribution in [0.1, 0.15) is 17.3 Å². The lowest BCUT2D eigenvalue weighted by Gasteiger charge is -2.18. The van der Waals surface area contributed by atoms with Crippen LogP contribution in [0, 0.1) is 10.1 Å². The Labute approximate surface area is 113 Å². The molecule has 0 spiro atoms. The monoisotopic (exact) mass is 283 g/mol. The minimum Gasteiger partial charge on any atom is -0.479 e. The fourth-order valence-electron chi connectivity index (χ4n) is 1.27. The summed E-state index contributed by atoms with van der Waals surface area (Å²) in [5.41, 5.74) is 2.67. The van der Waals surface area contributed by atoms with E-state index >= 15 is 0 Å². The van der Waals surface area contributed by atoms with Crippen molar-refractivity contribution >= 4 is 23.3 Å². The zero-order valence-electron chi connectivity index (χ0n) is 10.5. The van der Waals surface area contributed by atoms with Crippen molar-refractivity contribution in [3.05, 3.63) is 33.9 Å². The highest BCUT2D eigenvalue weighted by molar-refractivity contribution is 5.96. The van der Waals surface area contributed by atoms with Crippen molar-refractivity contribution in [2.75, 3.05) is 12.3 Å². The smallest absolute Gasteiger partial charge is 0.337 e. The Morgan fingerprint density at radius 2 is 2.10 bits per heavy atom. The molecule has 0 aliphatic rings. The maximum Gasteiger partial charge on any atom is 0.337 e. The largest absolute Gasteiger partial charge is 0.479 e. The molecular weight excluding hydrogens is 270 g/mol. The van der Waals surface area contributed by atoms with E-state index in [9.17, 15) is 24.8 Å². The highest BCUT2D eigenvalue weighted by Gasteiger charge is 2.30. The number of nitrogens with two attached hydrogens (primary N) is 1. The summed E-state index contributed by atoms with van der Waals surface area (Å²) in [5.74, 6) is -2.25. The van der Waals surface area contributed by atoms with E-state index in [4.69, 9.17) is 10.8 Å². The van der Waals surface area contributed by atoms with Crippen LogP contribution in [0.2, 0.25) is 0 Å². The molecule has 0 aromatic heterocycles. The minimum absolute atomic E-state index is 0.0629. The molecule has 20 heavy (non-hydrogen) atoms.